The minimum atomic E-state index is -3.56. The van der Waals surface area contributed by atoms with E-state index in [-0.39, 0.29) is 29.7 Å². The second kappa shape index (κ2) is 12.5. The number of sulfonamides is 1. The summed E-state index contributed by atoms with van der Waals surface area (Å²) in [6, 6.07) is 21.9. The molecule has 8 nitrogen and oxygen atoms in total. The third kappa shape index (κ3) is 7.99. The maximum Gasteiger partial charge on any atom is 0.251 e. The highest BCUT2D eigenvalue weighted by Crippen LogP contribution is 2.29. The number of nitrogens with two attached hydrogens (primary N) is 1. The quantitative estimate of drug-likeness (QED) is 0.348. The summed E-state index contributed by atoms with van der Waals surface area (Å²) in [6.07, 6.45) is 1.07. The van der Waals surface area contributed by atoms with Crippen LogP contribution in [0.2, 0.25) is 0 Å². The standard InChI is InChI=1S/C21H23FN4O4S.C7H8/c1-13(23)19-11-20(30-25-19)15-8-16(10-18(9-15)26(2)31(3,28)29)21(27)24-12-14-4-6-17(22)7-5-14;1-7-5-3-2-4-6-7/h4-11,13H,12,23H2,1-3H3,(H,24,27);2-6H,1H3. The molecule has 1 amide bonds. The number of anilines is 1. The first kappa shape index (κ1) is 28.5. The van der Waals surface area contributed by atoms with Crippen LogP contribution in [0.5, 0.6) is 0 Å². The molecule has 1 heterocycles. The third-order valence-electron chi connectivity index (χ3n) is 5.63. The second-order valence-corrected chi connectivity index (χ2v) is 10.9. The molecule has 0 saturated carbocycles. The average molecular weight is 539 g/mol. The smallest absolute Gasteiger partial charge is 0.251 e. The highest BCUT2D eigenvalue weighted by molar-refractivity contribution is 7.92. The van der Waals surface area contributed by atoms with E-state index in [4.69, 9.17) is 10.3 Å². The molecule has 1 unspecified atom stereocenters. The molecular weight excluding hydrogens is 507 g/mol. The lowest BCUT2D eigenvalue weighted by Crippen LogP contribution is -2.26. The first-order valence-corrected chi connectivity index (χ1v) is 13.6. The highest BCUT2D eigenvalue weighted by atomic mass is 32.2. The van der Waals surface area contributed by atoms with Crippen LogP contribution < -0.4 is 15.4 Å². The SMILES string of the molecule is CC(N)c1cc(-c2cc(C(=O)NCc3ccc(F)cc3)cc(N(C)S(C)(=O)=O)c2)on1.Cc1ccccc1. The van der Waals surface area contributed by atoms with Crippen LogP contribution in [0.15, 0.2) is 83.4 Å². The molecule has 0 aliphatic rings. The third-order valence-corrected chi connectivity index (χ3v) is 6.83. The molecule has 3 aromatic carbocycles. The van der Waals surface area contributed by atoms with Crippen molar-refractivity contribution in [3.8, 4) is 11.3 Å². The van der Waals surface area contributed by atoms with Gasteiger partial charge in [0.15, 0.2) is 5.76 Å². The van der Waals surface area contributed by atoms with Crippen LogP contribution in [0.1, 0.15) is 40.1 Å². The van der Waals surface area contributed by atoms with E-state index >= 15 is 0 Å². The Hall–Kier alpha value is -4.02. The van der Waals surface area contributed by atoms with Gasteiger partial charge < -0.3 is 15.6 Å². The van der Waals surface area contributed by atoms with Crippen molar-refractivity contribution < 1.29 is 22.1 Å². The molecule has 0 spiro atoms. The molecule has 38 heavy (non-hydrogen) atoms. The number of hydrogen-bond donors (Lipinski definition) is 2. The zero-order valence-corrected chi connectivity index (χ0v) is 22.5. The fourth-order valence-corrected chi connectivity index (χ4v) is 3.81. The number of carbonyl (C=O) groups is 1. The molecular formula is C28H31FN4O4S. The van der Waals surface area contributed by atoms with E-state index < -0.39 is 15.9 Å². The monoisotopic (exact) mass is 538 g/mol. The van der Waals surface area contributed by atoms with Crippen LogP contribution in [-0.2, 0) is 16.6 Å². The van der Waals surface area contributed by atoms with E-state index in [0.717, 1.165) is 16.1 Å². The molecule has 0 radical (unpaired) electrons. The van der Waals surface area contributed by atoms with Crippen LogP contribution in [0.25, 0.3) is 11.3 Å². The van der Waals surface area contributed by atoms with Crippen molar-refractivity contribution in [1.29, 1.82) is 0 Å². The van der Waals surface area contributed by atoms with Crippen molar-refractivity contribution in [2.75, 3.05) is 17.6 Å². The van der Waals surface area contributed by atoms with Gasteiger partial charge in [0.25, 0.3) is 5.91 Å². The Morgan fingerprint density at radius 1 is 1.08 bits per heavy atom. The number of benzene rings is 3. The fourth-order valence-electron chi connectivity index (χ4n) is 3.32. The number of amides is 1. The van der Waals surface area contributed by atoms with Crippen LogP contribution in [0.4, 0.5) is 10.1 Å². The summed E-state index contributed by atoms with van der Waals surface area (Å²) < 4.78 is 43.5. The van der Waals surface area contributed by atoms with Crippen molar-refractivity contribution in [1.82, 2.24) is 10.5 Å². The fraction of sp³-hybridized carbons (Fsp3) is 0.214. The number of aryl methyl sites for hydroxylation is 1. The topological polar surface area (TPSA) is 119 Å². The summed E-state index contributed by atoms with van der Waals surface area (Å²) >= 11 is 0. The maximum absolute atomic E-state index is 13.1. The summed E-state index contributed by atoms with van der Waals surface area (Å²) in [5, 5.41) is 6.66. The number of carbonyl (C=O) groups excluding carboxylic acids is 1. The Kier molecular flexibility index (Phi) is 9.38. The molecule has 1 atom stereocenters. The molecule has 4 aromatic rings. The molecule has 0 fully saturated rings. The molecule has 4 rings (SSSR count). The molecule has 10 heteroatoms. The summed E-state index contributed by atoms with van der Waals surface area (Å²) in [7, 11) is -2.17. The van der Waals surface area contributed by atoms with Gasteiger partial charge in [-0.15, -0.1) is 0 Å². The number of halogens is 1. The zero-order chi connectivity index (χ0) is 27.9. The van der Waals surface area contributed by atoms with E-state index in [1.54, 1.807) is 37.3 Å². The van der Waals surface area contributed by atoms with Crippen molar-refractivity contribution in [3.63, 3.8) is 0 Å². The van der Waals surface area contributed by atoms with Gasteiger partial charge in [0.1, 0.15) is 11.5 Å². The van der Waals surface area contributed by atoms with Crippen molar-refractivity contribution in [2.24, 2.45) is 5.73 Å². The summed E-state index contributed by atoms with van der Waals surface area (Å²) in [6.45, 7) is 4.02. The van der Waals surface area contributed by atoms with E-state index in [2.05, 4.69) is 29.5 Å². The summed E-state index contributed by atoms with van der Waals surface area (Å²) in [5.74, 6) is -0.445. The van der Waals surface area contributed by atoms with Gasteiger partial charge in [-0.1, -0.05) is 53.2 Å². The Balaban J connectivity index is 0.000000494. The number of aromatic nitrogens is 1. The van der Waals surface area contributed by atoms with Gasteiger partial charge in [-0.05, 0) is 49.7 Å². The number of hydrogen-bond acceptors (Lipinski definition) is 6. The van der Waals surface area contributed by atoms with Gasteiger partial charge in [0, 0.05) is 36.8 Å². The number of nitrogens with zero attached hydrogens (tertiary/aromatic N) is 2. The predicted octanol–water partition coefficient (Wildman–Crippen LogP) is 4.82. The van der Waals surface area contributed by atoms with Gasteiger partial charge in [0.2, 0.25) is 10.0 Å². The minimum Gasteiger partial charge on any atom is -0.356 e. The lowest BCUT2D eigenvalue weighted by molar-refractivity contribution is 0.0951. The summed E-state index contributed by atoms with van der Waals surface area (Å²) in [4.78, 5) is 12.8. The lowest BCUT2D eigenvalue weighted by Gasteiger charge is -2.18. The predicted molar refractivity (Wildman–Crippen MR) is 147 cm³/mol. The van der Waals surface area contributed by atoms with Gasteiger partial charge >= 0.3 is 0 Å². The van der Waals surface area contributed by atoms with Crippen molar-refractivity contribution in [3.05, 3.63) is 107 Å². The molecule has 0 saturated heterocycles. The Morgan fingerprint density at radius 2 is 1.74 bits per heavy atom. The van der Waals surface area contributed by atoms with Gasteiger partial charge in [-0.2, -0.15) is 0 Å². The Bertz CT molecular complexity index is 1470. The minimum absolute atomic E-state index is 0.178. The summed E-state index contributed by atoms with van der Waals surface area (Å²) in [5.41, 5.74) is 9.37. The normalized spacial score (nSPS) is 11.7. The maximum atomic E-state index is 13.1. The van der Waals surface area contributed by atoms with E-state index in [1.807, 2.05) is 18.2 Å². The van der Waals surface area contributed by atoms with E-state index in [0.29, 0.717) is 17.0 Å². The zero-order valence-electron chi connectivity index (χ0n) is 21.7. The van der Waals surface area contributed by atoms with Crippen LogP contribution in [0, 0.1) is 12.7 Å². The van der Waals surface area contributed by atoms with Gasteiger partial charge in [-0.25, -0.2) is 12.8 Å². The molecule has 3 N–H and O–H groups in total. The van der Waals surface area contributed by atoms with E-state index in [1.165, 1.54) is 30.8 Å². The van der Waals surface area contributed by atoms with Gasteiger partial charge in [0.05, 0.1) is 11.9 Å². The molecule has 0 bridgehead atoms. The van der Waals surface area contributed by atoms with Crippen LogP contribution >= 0.6 is 0 Å². The van der Waals surface area contributed by atoms with E-state index in [9.17, 15) is 17.6 Å². The Labute approximate surface area is 222 Å². The molecule has 0 aliphatic carbocycles. The molecule has 200 valence electrons. The lowest BCUT2D eigenvalue weighted by atomic mass is 10.1. The van der Waals surface area contributed by atoms with Crippen LogP contribution in [0.3, 0.4) is 0 Å². The second-order valence-electron chi connectivity index (χ2n) is 8.87. The highest BCUT2D eigenvalue weighted by Gasteiger charge is 2.19. The first-order chi connectivity index (χ1) is 17.9. The first-order valence-electron chi connectivity index (χ1n) is 11.8. The number of nitrogens with one attached hydrogen (secondary N) is 1. The van der Waals surface area contributed by atoms with Crippen LogP contribution in [-0.4, -0.2) is 32.8 Å². The van der Waals surface area contributed by atoms with Gasteiger partial charge in [-0.3, -0.25) is 9.10 Å². The molecule has 0 aliphatic heterocycles. The number of rotatable bonds is 7. The largest absolute Gasteiger partial charge is 0.356 e. The Morgan fingerprint density at radius 3 is 2.26 bits per heavy atom. The average Bonchev–Trinajstić information content (AvgIpc) is 3.39. The van der Waals surface area contributed by atoms with Crippen molar-refractivity contribution >= 4 is 21.6 Å². The molecule has 1 aromatic heterocycles. The van der Waals surface area contributed by atoms with Crippen molar-refractivity contribution in [2.45, 2.75) is 26.4 Å².